The third-order valence-electron chi connectivity index (χ3n) is 3.06. The van der Waals surface area contributed by atoms with E-state index in [0.717, 1.165) is 51.7 Å². The normalized spacial score (nSPS) is 21.8. The van der Waals surface area contributed by atoms with Gasteiger partial charge in [0, 0.05) is 13.2 Å². The quantitative estimate of drug-likeness (QED) is 0.451. The first-order valence-corrected chi connectivity index (χ1v) is 7.41. The molecule has 1 aliphatic rings. The molecule has 1 heterocycles. The Kier molecular flexibility index (Phi) is 11.0. The number of hydrogen-bond acceptors (Lipinski definition) is 3. The molecule has 0 spiro atoms. The van der Waals surface area contributed by atoms with Gasteiger partial charge in [0.25, 0.3) is 0 Å². The number of unbranched alkanes of at least 4 members (excludes halogenated alkanes) is 2. The summed E-state index contributed by atoms with van der Waals surface area (Å²) in [4.78, 5) is 0. The van der Waals surface area contributed by atoms with Gasteiger partial charge in [-0.3, -0.25) is 0 Å². The Morgan fingerprint density at radius 1 is 1.00 bits per heavy atom. The van der Waals surface area contributed by atoms with Crippen molar-refractivity contribution in [3.63, 3.8) is 0 Å². The molecule has 1 aliphatic heterocycles. The minimum atomic E-state index is -0.389. The molecular weight excluding hydrogens is 246 g/mol. The molecular formula is C15H27FO3. The molecule has 0 bridgehead atoms. The fourth-order valence-electron chi connectivity index (χ4n) is 1.99. The minimum Gasteiger partial charge on any atom is -0.379 e. The van der Waals surface area contributed by atoms with Crippen LogP contribution >= 0.6 is 0 Å². The molecule has 1 atom stereocenters. The van der Waals surface area contributed by atoms with Crippen LogP contribution in [0.15, 0.2) is 12.2 Å². The van der Waals surface area contributed by atoms with Gasteiger partial charge in [-0.1, -0.05) is 12.2 Å². The van der Waals surface area contributed by atoms with Crippen LogP contribution in [0.4, 0.5) is 4.39 Å². The summed E-state index contributed by atoms with van der Waals surface area (Å²) in [6.45, 7) is 2.77. The molecule has 0 fully saturated rings. The summed E-state index contributed by atoms with van der Waals surface area (Å²) in [5.74, 6) is 0. The molecule has 112 valence electrons. The highest BCUT2D eigenvalue weighted by Gasteiger charge is 2.09. The summed E-state index contributed by atoms with van der Waals surface area (Å²) >= 11 is 0. The molecule has 4 heteroatoms. The summed E-state index contributed by atoms with van der Waals surface area (Å²) in [6, 6.07) is 0. The summed E-state index contributed by atoms with van der Waals surface area (Å²) in [5.41, 5.74) is 0. The largest absolute Gasteiger partial charge is 0.379 e. The Morgan fingerprint density at radius 3 is 2.63 bits per heavy atom. The van der Waals surface area contributed by atoms with Crippen molar-refractivity contribution in [2.24, 2.45) is 0 Å². The number of hydrogen-bond donors (Lipinski definition) is 0. The fraction of sp³-hybridized carbons (Fsp3) is 0.867. The molecule has 0 radical (unpaired) electrons. The average molecular weight is 273 g/mol. The van der Waals surface area contributed by atoms with Crippen molar-refractivity contribution in [1.29, 1.82) is 0 Å². The van der Waals surface area contributed by atoms with Crippen LogP contribution in [-0.2, 0) is 14.2 Å². The van der Waals surface area contributed by atoms with Gasteiger partial charge >= 0.3 is 0 Å². The Balaban J connectivity index is 1.85. The fourth-order valence-corrected chi connectivity index (χ4v) is 1.99. The maximum absolute atomic E-state index is 11.7. The first kappa shape index (κ1) is 16.6. The van der Waals surface area contributed by atoms with Crippen molar-refractivity contribution in [2.75, 3.05) is 39.7 Å². The molecule has 0 aromatic carbocycles. The van der Waals surface area contributed by atoms with Crippen LogP contribution in [0.5, 0.6) is 0 Å². The van der Waals surface area contributed by atoms with Gasteiger partial charge < -0.3 is 14.2 Å². The van der Waals surface area contributed by atoms with Gasteiger partial charge in [0.2, 0.25) is 0 Å². The van der Waals surface area contributed by atoms with E-state index in [4.69, 9.17) is 14.2 Å². The van der Waals surface area contributed by atoms with Gasteiger partial charge in [-0.15, -0.1) is 0 Å². The van der Waals surface area contributed by atoms with Crippen molar-refractivity contribution in [3.8, 4) is 0 Å². The van der Waals surface area contributed by atoms with E-state index >= 15 is 0 Å². The number of ether oxygens (including phenoxy) is 3. The van der Waals surface area contributed by atoms with Crippen LogP contribution in [0.2, 0.25) is 0 Å². The Bertz CT molecular complexity index is 221. The third-order valence-corrected chi connectivity index (χ3v) is 3.06. The van der Waals surface area contributed by atoms with E-state index in [1.807, 2.05) is 0 Å². The first-order chi connectivity index (χ1) is 9.43. The molecule has 19 heavy (non-hydrogen) atoms. The molecule has 0 saturated carbocycles. The number of allylic oxidation sites excluding steroid dienone is 1. The van der Waals surface area contributed by atoms with E-state index in [2.05, 4.69) is 12.2 Å². The van der Waals surface area contributed by atoms with E-state index in [-0.39, 0.29) is 19.4 Å². The Hall–Kier alpha value is -0.450. The lowest BCUT2D eigenvalue weighted by atomic mass is 10.1. The molecule has 0 aliphatic carbocycles. The second-order valence-electron chi connectivity index (χ2n) is 4.77. The van der Waals surface area contributed by atoms with Crippen LogP contribution < -0.4 is 0 Å². The van der Waals surface area contributed by atoms with Crippen molar-refractivity contribution in [3.05, 3.63) is 12.2 Å². The van der Waals surface area contributed by atoms with Gasteiger partial charge in [0.05, 0.1) is 25.9 Å². The molecule has 0 amide bonds. The second-order valence-corrected chi connectivity index (χ2v) is 4.77. The summed E-state index contributed by atoms with van der Waals surface area (Å²) in [7, 11) is 0. The van der Waals surface area contributed by atoms with E-state index in [0.29, 0.717) is 13.2 Å². The first-order valence-electron chi connectivity index (χ1n) is 7.41. The highest BCUT2D eigenvalue weighted by molar-refractivity contribution is 4.84. The average Bonchev–Trinajstić information content (AvgIpc) is 2.39. The van der Waals surface area contributed by atoms with Crippen molar-refractivity contribution < 1.29 is 18.6 Å². The summed E-state index contributed by atoms with van der Waals surface area (Å²) in [5, 5.41) is 0. The highest BCUT2D eigenvalue weighted by Crippen LogP contribution is 2.09. The van der Waals surface area contributed by atoms with Gasteiger partial charge in [-0.05, 0) is 38.5 Å². The Labute approximate surface area is 116 Å². The van der Waals surface area contributed by atoms with Gasteiger partial charge in [0.15, 0.2) is 0 Å². The molecule has 0 saturated heterocycles. The SMILES string of the molecule is [18F]CCOCCCCCOC[C@H]1CC/C=C/CCO1. The lowest BCUT2D eigenvalue weighted by Crippen LogP contribution is -2.21. The lowest BCUT2D eigenvalue weighted by Gasteiger charge is -2.18. The van der Waals surface area contributed by atoms with E-state index < -0.39 is 0 Å². The molecule has 3 nitrogen and oxygen atoms in total. The molecule has 0 aromatic rings. The van der Waals surface area contributed by atoms with Crippen LogP contribution in [0.1, 0.15) is 38.5 Å². The van der Waals surface area contributed by atoms with Crippen molar-refractivity contribution >= 4 is 0 Å². The third kappa shape index (κ3) is 10.0. The zero-order valence-corrected chi connectivity index (χ0v) is 11.8. The van der Waals surface area contributed by atoms with Gasteiger partial charge in [0.1, 0.15) is 6.67 Å². The van der Waals surface area contributed by atoms with Crippen LogP contribution in [-0.4, -0.2) is 45.8 Å². The van der Waals surface area contributed by atoms with Crippen molar-refractivity contribution in [1.82, 2.24) is 0 Å². The molecule has 0 N–H and O–H groups in total. The van der Waals surface area contributed by atoms with Crippen LogP contribution in [0.25, 0.3) is 0 Å². The van der Waals surface area contributed by atoms with Crippen LogP contribution in [0, 0.1) is 0 Å². The topological polar surface area (TPSA) is 27.7 Å². The zero-order valence-electron chi connectivity index (χ0n) is 11.8. The number of alkyl halides is 1. The lowest BCUT2D eigenvalue weighted by molar-refractivity contribution is -0.0204. The molecule has 1 rings (SSSR count). The molecule has 0 aromatic heterocycles. The van der Waals surface area contributed by atoms with Crippen molar-refractivity contribution in [2.45, 2.75) is 44.6 Å². The predicted molar refractivity (Wildman–Crippen MR) is 74.2 cm³/mol. The Morgan fingerprint density at radius 2 is 1.79 bits per heavy atom. The van der Waals surface area contributed by atoms with Crippen LogP contribution in [0.3, 0.4) is 0 Å². The van der Waals surface area contributed by atoms with E-state index in [1.165, 1.54) is 0 Å². The monoisotopic (exact) mass is 273 g/mol. The van der Waals surface area contributed by atoms with Gasteiger partial charge in [-0.2, -0.15) is 0 Å². The smallest absolute Gasteiger partial charge is 0.113 e. The highest BCUT2D eigenvalue weighted by atomic mass is 18.2. The van der Waals surface area contributed by atoms with E-state index in [9.17, 15) is 4.39 Å². The van der Waals surface area contributed by atoms with Gasteiger partial charge in [-0.25, -0.2) is 4.39 Å². The standard InChI is InChI=1S/C15H27FO3/c16-9-13-17-10-5-3-6-11-18-14-15-8-4-1-2-7-12-19-15/h1-2,15H,3-14H2/b2-1+/t15-/m1/s1/i16-1. The second kappa shape index (κ2) is 12.6. The maximum atomic E-state index is 11.7. The zero-order chi connectivity index (χ0) is 13.6. The summed E-state index contributed by atoms with van der Waals surface area (Å²) < 4.78 is 28.2. The summed E-state index contributed by atoms with van der Waals surface area (Å²) in [6.07, 6.45) is 10.9. The van der Waals surface area contributed by atoms with E-state index in [1.54, 1.807) is 0 Å². The number of rotatable bonds is 10. The minimum absolute atomic E-state index is 0.226. The molecule has 0 unspecified atom stereocenters. The number of halogens is 1. The predicted octanol–water partition coefficient (Wildman–Crippen LogP) is 3.28. The maximum Gasteiger partial charge on any atom is 0.113 e.